The van der Waals surface area contributed by atoms with Gasteiger partial charge in [0.1, 0.15) is 11.8 Å². The molecule has 0 saturated carbocycles. The van der Waals surface area contributed by atoms with Crippen molar-refractivity contribution in [2.24, 2.45) is 0 Å². The average Bonchev–Trinajstić information content (AvgIpc) is 2.94. The highest BCUT2D eigenvalue weighted by atomic mass is 16.5. The lowest BCUT2D eigenvalue weighted by Gasteiger charge is -2.09. The van der Waals surface area contributed by atoms with E-state index in [2.05, 4.69) is 20.8 Å². The standard InChI is InChI=1S/C14H16N4O2/c1-3-15-13-10-5-4-9(7-11(10)16-14(13)19)20-12-6-8(2)17-18-12/h4-7,13,15H,3H2,1-2H3,(H,16,19)(H,17,18). The van der Waals surface area contributed by atoms with Gasteiger partial charge in [0, 0.05) is 29.1 Å². The number of H-pyrrole nitrogens is 1. The van der Waals surface area contributed by atoms with Gasteiger partial charge < -0.3 is 15.4 Å². The number of aromatic amines is 1. The zero-order chi connectivity index (χ0) is 14.1. The molecule has 1 aliphatic heterocycles. The summed E-state index contributed by atoms with van der Waals surface area (Å²) in [5.74, 6) is 1.12. The van der Waals surface area contributed by atoms with Crippen molar-refractivity contribution in [1.82, 2.24) is 15.5 Å². The molecule has 0 aliphatic carbocycles. The number of aryl methyl sites for hydroxylation is 1. The quantitative estimate of drug-likeness (QED) is 0.796. The fourth-order valence-corrected chi connectivity index (χ4v) is 2.28. The number of ether oxygens (including phenoxy) is 1. The topological polar surface area (TPSA) is 79.0 Å². The van der Waals surface area contributed by atoms with Crippen LogP contribution in [0.4, 0.5) is 5.69 Å². The summed E-state index contributed by atoms with van der Waals surface area (Å²) in [4.78, 5) is 11.9. The maximum atomic E-state index is 11.9. The highest BCUT2D eigenvalue weighted by Gasteiger charge is 2.29. The minimum absolute atomic E-state index is 0.0328. The molecule has 3 N–H and O–H groups in total. The van der Waals surface area contributed by atoms with Crippen molar-refractivity contribution in [1.29, 1.82) is 0 Å². The van der Waals surface area contributed by atoms with E-state index >= 15 is 0 Å². The lowest BCUT2D eigenvalue weighted by Crippen LogP contribution is -2.27. The van der Waals surface area contributed by atoms with Crippen LogP contribution in [-0.4, -0.2) is 22.6 Å². The van der Waals surface area contributed by atoms with E-state index in [1.165, 1.54) is 0 Å². The average molecular weight is 272 g/mol. The normalized spacial score (nSPS) is 16.9. The number of likely N-dealkylation sites (N-methyl/N-ethyl adjacent to an activating group) is 1. The molecular weight excluding hydrogens is 256 g/mol. The highest BCUT2D eigenvalue weighted by molar-refractivity contribution is 6.02. The Morgan fingerprint density at radius 3 is 2.95 bits per heavy atom. The van der Waals surface area contributed by atoms with Gasteiger partial charge >= 0.3 is 0 Å². The van der Waals surface area contributed by atoms with Crippen molar-refractivity contribution < 1.29 is 9.53 Å². The number of nitrogens with zero attached hydrogens (tertiary/aromatic N) is 1. The lowest BCUT2D eigenvalue weighted by molar-refractivity contribution is -0.117. The third kappa shape index (κ3) is 2.25. The lowest BCUT2D eigenvalue weighted by atomic mass is 10.1. The van der Waals surface area contributed by atoms with Gasteiger partial charge in [-0.05, 0) is 19.5 Å². The molecular formula is C14H16N4O2. The number of benzene rings is 1. The number of rotatable bonds is 4. The molecule has 1 unspecified atom stereocenters. The SMILES string of the molecule is CCNC1C(=O)Nc2cc(Oc3cc(C)[nH]n3)ccc21. The maximum absolute atomic E-state index is 11.9. The van der Waals surface area contributed by atoms with Crippen LogP contribution in [0.1, 0.15) is 24.2 Å². The van der Waals surface area contributed by atoms with Crippen LogP contribution in [0.5, 0.6) is 11.6 Å². The first-order valence-corrected chi connectivity index (χ1v) is 6.55. The van der Waals surface area contributed by atoms with Crippen molar-refractivity contribution in [3.8, 4) is 11.6 Å². The minimum Gasteiger partial charge on any atom is -0.437 e. The van der Waals surface area contributed by atoms with Crippen LogP contribution in [0.2, 0.25) is 0 Å². The van der Waals surface area contributed by atoms with Crippen molar-refractivity contribution in [3.05, 3.63) is 35.5 Å². The summed E-state index contributed by atoms with van der Waals surface area (Å²) in [6.45, 7) is 4.62. The van der Waals surface area contributed by atoms with Crippen LogP contribution in [0.25, 0.3) is 0 Å². The second-order valence-electron chi connectivity index (χ2n) is 4.72. The van der Waals surface area contributed by atoms with Gasteiger partial charge in [-0.2, -0.15) is 0 Å². The molecule has 6 heteroatoms. The molecule has 0 radical (unpaired) electrons. The molecule has 0 spiro atoms. The zero-order valence-electron chi connectivity index (χ0n) is 11.4. The molecule has 1 amide bonds. The van der Waals surface area contributed by atoms with Gasteiger partial charge in [0.2, 0.25) is 11.8 Å². The minimum atomic E-state index is -0.281. The van der Waals surface area contributed by atoms with E-state index < -0.39 is 0 Å². The molecule has 1 aromatic heterocycles. The van der Waals surface area contributed by atoms with Gasteiger partial charge in [0.05, 0.1) is 0 Å². The molecule has 1 aliphatic rings. The molecule has 2 aromatic rings. The number of hydrogen-bond acceptors (Lipinski definition) is 4. The summed E-state index contributed by atoms with van der Waals surface area (Å²) < 4.78 is 5.64. The van der Waals surface area contributed by atoms with Crippen molar-refractivity contribution >= 4 is 11.6 Å². The van der Waals surface area contributed by atoms with Crippen LogP contribution in [-0.2, 0) is 4.79 Å². The van der Waals surface area contributed by atoms with Crippen LogP contribution in [0, 0.1) is 6.92 Å². The Balaban J connectivity index is 1.84. The maximum Gasteiger partial charge on any atom is 0.246 e. The van der Waals surface area contributed by atoms with E-state index in [0.717, 1.165) is 23.5 Å². The predicted octanol–water partition coefficient (Wildman–Crippen LogP) is 2.11. The molecule has 0 fully saturated rings. The summed E-state index contributed by atoms with van der Waals surface area (Å²) in [6, 6.07) is 7.08. The van der Waals surface area contributed by atoms with E-state index in [1.54, 1.807) is 0 Å². The molecule has 1 aromatic carbocycles. The fraction of sp³-hybridized carbons (Fsp3) is 0.286. The van der Waals surface area contributed by atoms with Gasteiger partial charge in [-0.3, -0.25) is 9.89 Å². The van der Waals surface area contributed by atoms with Crippen molar-refractivity contribution in [3.63, 3.8) is 0 Å². The number of hydrogen-bond donors (Lipinski definition) is 3. The number of nitrogens with one attached hydrogen (secondary N) is 3. The van der Waals surface area contributed by atoms with Crippen LogP contribution in [0.3, 0.4) is 0 Å². The number of amides is 1. The van der Waals surface area contributed by atoms with Gasteiger partial charge in [0.15, 0.2) is 0 Å². The Hall–Kier alpha value is -2.34. The first-order valence-electron chi connectivity index (χ1n) is 6.55. The van der Waals surface area contributed by atoms with Gasteiger partial charge in [-0.15, -0.1) is 5.10 Å². The van der Waals surface area contributed by atoms with Crippen molar-refractivity contribution in [2.75, 3.05) is 11.9 Å². The van der Waals surface area contributed by atoms with E-state index in [1.807, 2.05) is 38.1 Å². The highest BCUT2D eigenvalue weighted by Crippen LogP contribution is 2.34. The summed E-state index contributed by atoms with van der Waals surface area (Å²) >= 11 is 0. The Morgan fingerprint density at radius 2 is 2.25 bits per heavy atom. The first-order chi connectivity index (χ1) is 9.67. The summed E-state index contributed by atoms with van der Waals surface area (Å²) in [7, 11) is 0. The molecule has 0 saturated heterocycles. The molecule has 104 valence electrons. The van der Waals surface area contributed by atoms with Gasteiger partial charge in [0.25, 0.3) is 0 Å². The smallest absolute Gasteiger partial charge is 0.246 e. The third-order valence-corrected chi connectivity index (χ3v) is 3.17. The Kier molecular flexibility index (Phi) is 3.15. The zero-order valence-corrected chi connectivity index (χ0v) is 11.4. The van der Waals surface area contributed by atoms with E-state index in [-0.39, 0.29) is 11.9 Å². The number of carbonyl (C=O) groups excluding carboxylic acids is 1. The van der Waals surface area contributed by atoms with E-state index in [4.69, 9.17) is 4.74 Å². The predicted molar refractivity (Wildman–Crippen MR) is 74.9 cm³/mol. The molecule has 1 atom stereocenters. The van der Waals surface area contributed by atoms with Gasteiger partial charge in [-0.25, -0.2) is 0 Å². The van der Waals surface area contributed by atoms with E-state index in [0.29, 0.717) is 11.6 Å². The second-order valence-corrected chi connectivity index (χ2v) is 4.72. The molecule has 2 heterocycles. The fourth-order valence-electron chi connectivity index (χ4n) is 2.28. The monoisotopic (exact) mass is 272 g/mol. The van der Waals surface area contributed by atoms with Crippen molar-refractivity contribution in [2.45, 2.75) is 19.9 Å². The molecule has 3 rings (SSSR count). The third-order valence-electron chi connectivity index (χ3n) is 3.17. The van der Waals surface area contributed by atoms with Crippen LogP contribution < -0.4 is 15.4 Å². The first kappa shape index (κ1) is 12.7. The number of fused-ring (bicyclic) bond motifs is 1. The molecule has 0 bridgehead atoms. The Morgan fingerprint density at radius 1 is 1.40 bits per heavy atom. The summed E-state index contributed by atoms with van der Waals surface area (Å²) in [5.41, 5.74) is 2.66. The number of aromatic nitrogens is 2. The number of carbonyl (C=O) groups is 1. The Labute approximate surface area is 116 Å². The number of anilines is 1. The largest absolute Gasteiger partial charge is 0.437 e. The van der Waals surface area contributed by atoms with E-state index in [9.17, 15) is 4.79 Å². The summed E-state index contributed by atoms with van der Waals surface area (Å²) in [6.07, 6.45) is 0. The van der Waals surface area contributed by atoms with Crippen LogP contribution >= 0.6 is 0 Å². The van der Waals surface area contributed by atoms with Crippen LogP contribution in [0.15, 0.2) is 24.3 Å². The summed E-state index contributed by atoms with van der Waals surface area (Å²) in [5, 5.41) is 12.8. The second kappa shape index (κ2) is 4.97. The molecule has 20 heavy (non-hydrogen) atoms. The molecule has 6 nitrogen and oxygen atoms in total. The van der Waals surface area contributed by atoms with Gasteiger partial charge in [-0.1, -0.05) is 13.0 Å². The Bertz CT molecular complexity index is 650.